The van der Waals surface area contributed by atoms with Gasteiger partial charge in [0, 0.05) is 60.8 Å². The smallest absolute Gasteiger partial charge is 0.255 e. The van der Waals surface area contributed by atoms with Crippen LogP contribution < -0.4 is 15.4 Å². The molecule has 6 nitrogen and oxygen atoms in total. The monoisotopic (exact) mass is 514 g/mol. The van der Waals surface area contributed by atoms with Crippen LogP contribution in [0.1, 0.15) is 36.2 Å². The van der Waals surface area contributed by atoms with Crippen LogP contribution in [0.4, 0.5) is 14.5 Å². The maximum Gasteiger partial charge on any atom is 0.255 e. The number of hydrogen-bond donors (Lipinski definition) is 1. The summed E-state index contributed by atoms with van der Waals surface area (Å²) < 4.78 is 34.9. The number of nitrogens with two attached hydrogens (primary N) is 1. The van der Waals surface area contributed by atoms with E-state index in [1.807, 2.05) is 19.9 Å². The molecule has 0 radical (unpaired) electrons. The third-order valence-electron chi connectivity index (χ3n) is 6.48. The SMILES string of the molecule is CCOc1ncccc1-c1ccc(N2CCN(C(=O)c3ccc(F)cc3Cl)C[C@H]2CC)c(CN)c1F. The highest BCUT2D eigenvalue weighted by molar-refractivity contribution is 6.33. The molecule has 2 heterocycles. The van der Waals surface area contributed by atoms with Crippen LogP contribution in [-0.4, -0.2) is 48.1 Å². The lowest BCUT2D eigenvalue weighted by Gasteiger charge is -2.43. The Balaban J connectivity index is 1.63. The first-order valence-corrected chi connectivity index (χ1v) is 12.4. The molecule has 4 rings (SSSR count). The zero-order chi connectivity index (χ0) is 25.8. The van der Waals surface area contributed by atoms with E-state index in [1.165, 1.54) is 12.1 Å². The molecule has 0 aliphatic carbocycles. The first kappa shape index (κ1) is 25.9. The first-order chi connectivity index (χ1) is 17.4. The summed E-state index contributed by atoms with van der Waals surface area (Å²) in [5.41, 5.74) is 8.36. The third kappa shape index (κ3) is 5.01. The summed E-state index contributed by atoms with van der Waals surface area (Å²) >= 11 is 6.12. The fraction of sp³-hybridized carbons (Fsp3) is 0.333. The van der Waals surface area contributed by atoms with Crippen molar-refractivity contribution >= 4 is 23.2 Å². The van der Waals surface area contributed by atoms with Gasteiger partial charge in [0.2, 0.25) is 5.88 Å². The van der Waals surface area contributed by atoms with Crippen LogP contribution in [0.25, 0.3) is 11.1 Å². The van der Waals surface area contributed by atoms with Gasteiger partial charge in [0.15, 0.2) is 0 Å². The molecule has 0 unspecified atom stereocenters. The van der Waals surface area contributed by atoms with Crippen LogP contribution >= 0.6 is 11.6 Å². The van der Waals surface area contributed by atoms with Gasteiger partial charge in [0.05, 0.1) is 17.2 Å². The minimum atomic E-state index is -0.493. The van der Waals surface area contributed by atoms with Crippen LogP contribution in [0.5, 0.6) is 5.88 Å². The summed E-state index contributed by atoms with van der Waals surface area (Å²) in [4.78, 5) is 21.2. The number of anilines is 1. The molecule has 0 saturated carbocycles. The Kier molecular flexibility index (Phi) is 8.06. The quantitative estimate of drug-likeness (QED) is 0.464. The minimum Gasteiger partial charge on any atom is -0.478 e. The second-order valence-electron chi connectivity index (χ2n) is 8.55. The number of nitrogens with zero attached hydrogens (tertiary/aromatic N) is 3. The van der Waals surface area contributed by atoms with Gasteiger partial charge >= 0.3 is 0 Å². The highest BCUT2D eigenvalue weighted by atomic mass is 35.5. The van der Waals surface area contributed by atoms with Crippen molar-refractivity contribution in [3.05, 3.63) is 76.4 Å². The zero-order valence-corrected chi connectivity index (χ0v) is 21.1. The summed E-state index contributed by atoms with van der Waals surface area (Å²) in [7, 11) is 0. The standard InChI is InChI=1S/C27H29ClF2N4O2/c1-3-18-16-33(27(35)21-8-7-17(29)14-23(21)28)12-13-34(18)24-10-9-19(25(30)22(24)15-31)20-6-5-11-32-26(20)36-4-2/h5-11,14,18H,3-4,12-13,15-16,31H2,1-2H3/t18-/m1/s1. The predicted octanol–water partition coefficient (Wildman–Crippen LogP) is 5.28. The number of halogens is 3. The molecule has 190 valence electrons. The molecule has 36 heavy (non-hydrogen) atoms. The molecule has 1 atom stereocenters. The van der Waals surface area contributed by atoms with Crippen molar-refractivity contribution in [1.82, 2.24) is 9.88 Å². The van der Waals surface area contributed by atoms with Gasteiger partial charge < -0.3 is 20.3 Å². The Bertz CT molecular complexity index is 1260. The highest BCUT2D eigenvalue weighted by Crippen LogP contribution is 2.36. The predicted molar refractivity (Wildman–Crippen MR) is 137 cm³/mol. The number of carbonyl (C=O) groups is 1. The molecule has 9 heteroatoms. The van der Waals surface area contributed by atoms with Crippen LogP contribution in [0.15, 0.2) is 48.7 Å². The number of carbonyl (C=O) groups excluding carboxylic acids is 1. The van der Waals surface area contributed by atoms with Crippen molar-refractivity contribution in [1.29, 1.82) is 0 Å². The summed E-state index contributed by atoms with van der Waals surface area (Å²) in [6.45, 7) is 5.63. The largest absolute Gasteiger partial charge is 0.478 e. The Hall–Kier alpha value is -3.23. The third-order valence-corrected chi connectivity index (χ3v) is 6.79. The molecule has 2 N–H and O–H groups in total. The van der Waals surface area contributed by atoms with Gasteiger partial charge in [-0.05, 0) is 55.8 Å². The van der Waals surface area contributed by atoms with E-state index in [0.29, 0.717) is 54.5 Å². The molecule has 1 aromatic heterocycles. The van der Waals surface area contributed by atoms with Crippen molar-refractivity contribution in [3.8, 4) is 17.0 Å². The van der Waals surface area contributed by atoms with Crippen molar-refractivity contribution in [2.24, 2.45) is 5.73 Å². The average Bonchev–Trinajstić information content (AvgIpc) is 2.88. The molecular formula is C27H29ClF2N4O2. The fourth-order valence-corrected chi connectivity index (χ4v) is 4.92. The Morgan fingerprint density at radius 2 is 1.97 bits per heavy atom. The van der Waals surface area contributed by atoms with E-state index in [-0.39, 0.29) is 29.1 Å². The molecule has 0 bridgehead atoms. The van der Waals surface area contributed by atoms with E-state index in [4.69, 9.17) is 22.1 Å². The van der Waals surface area contributed by atoms with E-state index in [0.717, 1.165) is 12.5 Å². The normalized spacial score (nSPS) is 15.8. The number of benzene rings is 2. The van der Waals surface area contributed by atoms with Crippen LogP contribution in [0, 0.1) is 11.6 Å². The van der Waals surface area contributed by atoms with E-state index < -0.39 is 11.6 Å². The van der Waals surface area contributed by atoms with Crippen molar-refractivity contribution in [3.63, 3.8) is 0 Å². The lowest BCUT2D eigenvalue weighted by atomic mass is 9.98. The van der Waals surface area contributed by atoms with Crippen LogP contribution in [0.3, 0.4) is 0 Å². The van der Waals surface area contributed by atoms with Crippen molar-refractivity contribution < 1.29 is 18.3 Å². The van der Waals surface area contributed by atoms with Gasteiger partial charge in [-0.15, -0.1) is 0 Å². The summed E-state index contributed by atoms with van der Waals surface area (Å²) in [5.74, 6) is -0.783. The minimum absolute atomic E-state index is 0.0139. The zero-order valence-electron chi connectivity index (χ0n) is 20.3. The number of aromatic nitrogens is 1. The Morgan fingerprint density at radius 3 is 2.67 bits per heavy atom. The van der Waals surface area contributed by atoms with Gasteiger partial charge in [-0.3, -0.25) is 4.79 Å². The molecule has 2 aromatic carbocycles. The molecule has 1 aliphatic heterocycles. The molecular weight excluding hydrogens is 486 g/mol. The number of amides is 1. The number of piperazine rings is 1. The van der Waals surface area contributed by atoms with Gasteiger partial charge in [-0.1, -0.05) is 18.5 Å². The van der Waals surface area contributed by atoms with Gasteiger partial charge in [-0.2, -0.15) is 0 Å². The maximum atomic E-state index is 15.8. The number of ether oxygens (including phenoxy) is 1. The molecule has 1 fully saturated rings. The summed E-state index contributed by atoms with van der Waals surface area (Å²) in [6, 6.07) is 10.8. The average molecular weight is 515 g/mol. The summed E-state index contributed by atoms with van der Waals surface area (Å²) in [5, 5.41) is 0.0837. The summed E-state index contributed by atoms with van der Waals surface area (Å²) in [6.07, 6.45) is 2.34. The van der Waals surface area contributed by atoms with Gasteiger partial charge in [0.25, 0.3) is 5.91 Å². The van der Waals surface area contributed by atoms with Gasteiger partial charge in [0.1, 0.15) is 11.6 Å². The maximum absolute atomic E-state index is 15.8. The number of hydrogen-bond acceptors (Lipinski definition) is 5. The molecule has 1 aliphatic rings. The first-order valence-electron chi connectivity index (χ1n) is 12.0. The van der Waals surface area contributed by atoms with Crippen LogP contribution in [0.2, 0.25) is 5.02 Å². The number of rotatable bonds is 7. The van der Waals surface area contributed by atoms with E-state index in [2.05, 4.69) is 9.88 Å². The van der Waals surface area contributed by atoms with Crippen LogP contribution in [-0.2, 0) is 6.54 Å². The fourth-order valence-electron chi connectivity index (χ4n) is 4.67. The lowest BCUT2D eigenvalue weighted by molar-refractivity contribution is 0.0721. The lowest BCUT2D eigenvalue weighted by Crippen LogP contribution is -2.55. The Labute approximate surface area is 214 Å². The molecule has 1 saturated heterocycles. The van der Waals surface area contributed by atoms with Crippen molar-refractivity contribution in [2.75, 3.05) is 31.1 Å². The van der Waals surface area contributed by atoms with E-state index in [9.17, 15) is 9.18 Å². The van der Waals surface area contributed by atoms with Crippen molar-refractivity contribution in [2.45, 2.75) is 32.9 Å². The van der Waals surface area contributed by atoms with E-state index >= 15 is 4.39 Å². The topological polar surface area (TPSA) is 71.7 Å². The Morgan fingerprint density at radius 1 is 1.17 bits per heavy atom. The molecule has 0 spiro atoms. The second kappa shape index (κ2) is 11.2. The van der Waals surface area contributed by atoms with E-state index in [1.54, 1.807) is 29.3 Å². The van der Waals surface area contributed by atoms with Gasteiger partial charge in [-0.25, -0.2) is 13.8 Å². The highest BCUT2D eigenvalue weighted by Gasteiger charge is 2.32. The number of pyridine rings is 1. The second-order valence-corrected chi connectivity index (χ2v) is 8.96. The molecule has 3 aromatic rings. The molecule has 1 amide bonds.